The summed E-state index contributed by atoms with van der Waals surface area (Å²) in [5.74, 6) is -0.890. The Morgan fingerprint density at radius 2 is 1.93 bits per heavy atom. The van der Waals surface area contributed by atoms with Crippen molar-refractivity contribution in [1.82, 2.24) is 5.43 Å². The molecule has 0 aliphatic heterocycles. The van der Waals surface area contributed by atoms with Crippen LogP contribution in [-0.4, -0.2) is 27.0 Å². The van der Waals surface area contributed by atoms with Crippen molar-refractivity contribution in [3.05, 3.63) is 70.1 Å². The molecule has 2 aromatic carbocycles. The highest BCUT2D eigenvalue weighted by Crippen LogP contribution is 2.38. The van der Waals surface area contributed by atoms with E-state index in [4.69, 9.17) is 28.9 Å². The van der Waals surface area contributed by atoms with E-state index in [0.717, 1.165) is 10.4 Å². The van der Waals surface area contributed by atoms with Crippen LogP contribution in [0.2, 0.25) is 5.02 Å². The molecule has 1 aromatic heterocycles. The molecule has 0 bridgehead atoms. The molecule has 0 fully saturated rings. The van der Waals surface area contributed by atoms with Gasteiger partial charge in [0, 0.05) is 16.1 Å². The Balaban J connectivity index is 1.70. The minimum atomic E-state index is -1.02. The molecule has 9 heteroatoms. The summed E-state index contributed by atoms with van der Waals surface area (Å²) in [4.78, 5) is 11.8. The lowest BCUT2D eigenvalue weighted by molar-refractivity contribution is 0.0697. The molecule has 3 aromatic rings. The molecule has 0 saturated carbocycles. The van der Waals surface area contributed by atoms with Crippen LogP contribution in [-0.2, 0) is 0 Å². The maximum Gasteiger partial charge on any atom is 0.335 e. The van der Waals surface area contributed by atoms with E-state index < -0.39 is 5.97 Å². The molecule has 29 heavy (non-hydrogen) atoms. The molecule has 6 nitrogen and oxygen atoms in total. The van der Waals surface area contributed by atoms with Gasteiger partial charge in [0.25, 0.3) is 0 Å². The van der Waals surface area contributed by atoms with Gasteiger partial charge in [0.15, 0.2) is 5.11 Å². The van der Waals surface area contributed by atoms with Crippen LogP contribution in [0, 0.1) is 0 Å². The third kappa shape index (κ3) is 5.11. The summed E-state index contributed by atoms with van der Waals surface area (Å²) in [5, 5.41) is 29.3. The van der Waals surface area contributed by atoms with Crippen LogP contribution in [0.4, 0.5) is 5.69 Å². The van der Waals surface area contributed by atoms with Crippen LogP contribution in [0.5, 0.6) is 5.75 Å². The summed E-state index contributed by atoms with van der Waals surface area (Å²) in [6, 6.07) is 13.5. The zero-order valence-electron chi connectivity index (χ0n) is 15.1. The van der Waals surface area contributed by atoms with E-state index >= 15 is 0 Å². The first-order chi connectivity index (χ1) is 13.8. The normalized spacial score (nSPS) is 11.2. The van der Waals surface area contributed by atoms with Gasteiger partial charge in [-0.15, -0.1) is 11.3 Å². The van der Waals surface area contributed by atoms with Crippen LogP contribution >= 0.6 is 35.2 Å². The molecule has 3 rings (SSSR count). The number of nitrogens with one attached hydrogen (secondary N) is 2. The average molecular weight is 446 g/mol. The minimum absolute atomic E-state index is 0.133. The Hall–Kier alpha value is -2.94. The Labute approximate surface area is 181 Å². The second-order valence-electron chi connectivity index (χ2n) is 5.98. The summed E-state index contributed by atoms with van der Waals surface area (Å²) in [6.07, 6.45) is 0. The molecule has 0 radical (unpaired) electrons. The molecule has 4 N–H and O–H groups in total. The van der Waals surface area contributed by atoms with Crippen molar-refractivity contribution >= 4 is 57.6 Å². The molecule has 0 atom stereocenters. The highest BCUT2D eigenvalue weighted by molar-refractivity contribution is 7.80. The Bertz CT molecular complexity index is 1090. The molecule has 148 valence electrons. The van der Waals surface area contributed by atoms with Gasteiger partial charge in [-0.05, 0) is 55.0 Å². The van der Waals surface area contributed by atoms with Gasteiger partial charge in [-0.1, -0.05) is 29.8 Å². The Morgan fingerprint density at radius 1 is 1.21 bits per heavy atom. The number of carboxylic acids is 1. The molecular weight excluding hydrogens is 430 g/mol. The third-order valence-electron chi connectivity index (χ3n) is 3.95. The van der Waals surface area contributed by atoms with Gasteiger partial charge in [-0.3, -0.25) is 5.43 Å². The van der Waals surface area contributed by atoms with Gasteiger partial charge in [-0.2, -0.15) is 5.10 Å². The SMILES string of the molecule is CC(=NNC(=S)Nc1cccc(C(=O)O)c1)c1csc(-c2ccc(Cl)cc2)c1O. The molecule has 0 aliphatic rings. The lowest BCUT2D eigenvalue weighted by Gasteiger charge is -2.08. The number of anilines is 1. The quantitative estimate of drug-likeness (QED) is 0.245. The van der Waals surface area contributed by atoms with Gasteiger partial charge in [0.05, 0.1) is 21.7 Å². The van der Waals surface area contributed by atoms with Crippen molar-refractivity contribution in [2.24, 2.45) is 5.10 Å². The van der Waals surface area contributed by atoms with Crippen LogP contribution < -0.4 is 10.7 Å². The number of aromatic carboxylic acids is 1. The number of carbonyl (C=O) groups is 1. The van der Waals surface area contributed by atoms with Gasteiger partial charge < -0.3 is 15.5 Å². The fourth-order valence-corrected chi connectivity index (χ4v) is 3.80. The molecule has 0 spiro atoms. The largest absolute Gasteiger partial charge is 0.506 e. The second-order valence-corrected chi connectivity index (χ2v) is 7.71. The van der Waals surface area contributed by atoms with E-state index in [0.29, 0.717) is 22.0 Å². The first-order valence-electron chi connectivity index (χ1n) is 8.36. The molecular formula is C20H16ClN3O3S2. The van der Waals surface area contributed by atoms with E-state index in [1.807, 2.05) is 17.5 Å². The van der Waals surface area contributed by atoms with E-state index in [2.05, 4.69) is 15.8 Å². The first kappa shape index (κ1) is 20.8. The number of benzene rings is 2. The summed E-state index contributed by atoms with van der Waals surface area (Å²) < 4.78 is 0. The lowest BCUT2D eigenvalue weighted by atomic mass is 10.1. The fraction of sp³-hybridized carbons (Fsp3) is 0.0500. The van der Waals surface area contributed by atoms with E-state index in [-0.39, 0.29) is 16.4 Å². The molecule has 0 unspecified atom stereocenters. The van der Waals surface area contributed by atoms with Crippen molar-refractivity contribution in [2.45, 2.75) is 6.92 Å². The zero-order chi connectivity index (χ0) is 21.0. The average Bonchev–Trinajstić information content (AvgIpc) is 3.08. The van der Waals surface area contributed by atoms with Gasteiger partial charge in [0.2, 0.25) is 0 Å². The standard InChI is InChI=1S/C20H16ClN3O3S2/c1-11(16-10-29-18(17(16)25)12-5-7-14(21)8-6-12)23-24-20(28)22-15-4-2-3-13(9-15)19(26)27/h2-10,25H,1H3,(H,26,27)(H2,22,24,28). The van der Waals surface area contributed by atoms with Crippen LogP contribution in [0.15, 0.2) is 59.0 Å². The number of nitrogens with zero attached hydrogens (tertiary/aromatic N) is 1. The molecule has 0 aliphatic carbocycles. The van der Waals surface area contributed by atoms with E-state index in [1.165, 1.54) is 23.5 Å². The molecule has 0 amide bonds. The van der Waals surface area contributed by atoms with Gasteiger partial charge in [-0.25, -0.2) is 4.79 Å². The number of hydrazone groups is 1. The van der Waals surface area contributed by atoms with Crippen molar-refractivity contribution in [2.75, 3.05) is 5.32 Å². The van der Waals surface area contributed by atoms with Crippen LogP contribution in [0.25, 0.3) is 10.4 Å². The number of rotatable bonds is 5. The summed E-state index contributed by atoms with van der Waals surface area (Å²) >= 11 is 12.5. The predicted molar refractivity (Wildman–Crippen MR) is 121 cm³/mol. The topological polar surface area (TPSA) is 94.0 Å². The van der Waals surface area contributed by atoms with E-state index in [9.17, 15) is 9.90 Å². The maximum atomic E-state index is 11.0. The number of thiophene rings is 1. The fourth-order valence-electron chi connectivity index (χ4n) is 2.50. The monoisotopic (exact) mass is 445 g/mol. The van der Waals surface area contributed by atoms with Crippen molar-refractivity contribution in [1.29, 1.82) is 0 Å². The van der Waals surface area contributed by atoms with E-state index in [1.54, 1.807) is 31.2 Å². The zero-order valence-corrected chi connectivity index (χ0v) is 17.5. The Morgan fingerprint density at radius 3 is 2.62 bits per heavy atom. The molecule has 0 saturated heterocycles. The number of carboxylic acid groups (broad SMARTS) is 1. The van der Waals surface area contributed by atoms with Crippen molar-refractivity contribution < 1.29 is 15.0 Å². The number of hydrogen-bond donors (Lipinski definition) is 4. The summed E-state index contributed by atoms with van der Waals surface area (Å²) in [5.41, 5.74) is 5.36. The second kappa shape index (κ2) is 9.04. The number of hydrogen-bond acceptors (Lipinski definition) is 5. The smallest absolute Gasteiger partial charge is 0.335 e. The van der Waals surface area contributed by atoms with Crippen LogP contribution in [0.3, 0.4) is 0 Å². The van der Waals surface area contributed by atoms with Crippen LogP contribution in [0.1, 0.15) is 22.8 Å². The Kier molecular flexibility index (Phi) is 6.48. The highest BCUT2D eigenvalue weighted by atomic mass is 35.5. The summed E-state index contributed by atoms with van der Waals surface area (Å²) in [6.45, 7) is 1.74. The number of thiocarbonyl (C=S) groups is 1. The number of halogens is 1. The van der Waals surface area contributed by atoms with Crippen molar-refractivity contribution in [3.63, 3.8) is 0 Å². The predicted octanol–water partition coefficient (Wildman–Crippen LogP) is 5.18. The van der Waals surface area contributed by atoms with Gasteiger partial charge >= 0.3 is 5.97 Å². The maximum absolute atomic E-state index is 11.0. The lowest BCUT2D eigenvalue weighted by Crippen LogP contribution is -2.25. The van der Waals surface area contributed by atoms with Crippen molar-refractivity contribution in [3.8, 4) is 16.2 Å². The van der Waals surface area contributed by atoms with Gasteiger partial charge in [0.1, 0.15) is 5.75 Å². The highest BCUT2D eigenvalue weighted by Gasteiger charge is 2.15. The summed E-state index contributed by atoms with van der Waals surface area (Å²) in [7, 11) is 0. The molecule has 1 heterocycles. The minimum Gasteiger partial charge on any atom is -0.506 e. The third-order valence-corrected chi connectivity index (χ3v) is 5.42. The number of aromatic hydroxyl groups is 1. The first-order valence-corrected chi connectivity index (χ1v) is 10.0.